The molecule has 8 saturated carbocycles. The van der Waals surface area contributed by atoms with Crippen LogP contribution in [0.3, 0.4) is 0 Å². The van der Waals surface area contributed by atoms with E-state index in [4.69, 9.17) is 19.9 Å². The summed E-state index contributed by atoms with van der Waals surface area (Å²) >= 11 is 0. The SMILES string of the molecule is C.COC(=O)NC(C)(C)/C=C/n1ncc(C(=O)NC2C3CC4CC2CC(O)(C4)C3)c1OCC(C)C.COC(=O)NC(C)(C)/C=C/n1ncc(C(=O)NC2C3CC4CC2CC(OC(N)=O)(C4)C3)c1OCC(C)C. The normalized spacial score (nSPS) is 28.8. The zero-order chi connectivity index (χ0) is 51.6. The minimum atomic E-state index is -0.722. The van der Waals surface area contributed by atoms with E-state index in [0.29, 0.717) is 59.8 Å². The third-order valence-electron chi connectivity index (χ3n) is 14.9. The van der Waals surface area contributed by atoms with E-state index in [2.05, 4.69) is 40.9 Å². The van der Waals surface area contributed by atoms with Gasteiger partial charge in [0.15, 0.2) is 0 Å². The number of hydrogen-bond donors (Lipinski definition) is 6. The summed E-state index contributed by atoms with van der Waals surface area (Å²) in [6.45, 7) is 16.3. The lowest BCUT2D eigenvalue weighted by molar-refractivity contribution is -0.137. The Labute approximate surface area is 424 Å². The first-order valence-electron chi connectivity index (χ1n) is 25.2. The highest BCUT2D eigenvalue weighted by Gasteiger charge is 2.58. The number of ether oxygens (including phenoxy) is 5. The lowest BCUT2D eigenvalue weighted by Crippen LogP contribution is -2.63. The van der Waals surface area contributed by atoms with E-state index in [-0.39, 0.29) is 55.0 Å². The fourth-order valence-corrected chi connectivity index (χ4v) is 12.4. The van der Waals surface area contributed by atoms with Crippen LogP contribution >= 0.6 is 0 Å². The third-order valence-corrected chi connectivity index (χ3v) is 14.9. The number of nitrogens with one attached hydrogen (secondary N) is 4. The number of carbonyl (C=O) groups is 5. The summed E-state index contributed by atoms with van der Waals surface area (Å²) in [5.74, 6) is 2.96. The molecule has 0 spiro atoms. The average Bonchev–Trinajstić information content (AvgIpc) is 3.88. The highest BCUT2D eigenvalue weighted by molar-refractivity contribution is 5.97. The number of primary amides is 1. The smallest absolute Gasteiger partial charge is 0.407 e. The van der Waals surface area contributed by atoms with Crippen molar-refractivity contribution in [1.82, 2.24) is 40.8 Å². The highest BCUT2D eigenvalue weighted by Crippen LogP contribution is 2.58. The predicted molar refractivity (Wildman–Crippen MR) is 270 cm³/mol. The van der Waals surface area contributed by atoms with Crippen LogP contribution in [0.4, 0.5) is 14.4 Å². The van der Waals surface area contributed by atoms with Gasteiger partial charge in [0, 0.05) is 24.5 Å². The molecule has 0 aromatic carbocycles. The summed E-state index contributed by atoms with van der Waals surface area (Å²) in [6, 6.07) is 0.0676. The molecule has 8 fully saturated rings. The topological polar surface area (TPSA) is 262 Å². The summed E-state index contributed by atoms with van der Waals surface area (Å²) in [7, 11) is 2.62. The molecule has 20 nitrogen and oxygen atoms in total. The van der Waals surface area contributed by atoms with Gasteiger partial charge in [0.25, 0.3) is 11.8 Å². The Morgan fingerprint density at radius 1 is 0.694 bits per heavy atom. The van der Waals surface area contributed by atoms with Crippen molar-refractivity contribution in [3.05, 3.63) is 35.7 Å². The van der Waals surface area contributed by atoms with E-state index < -0.39 is 40.6 Å². The number of rotatable bonds is 17. The van der Waals surface area contributed by atoms with E-state index in [1.165, 1.54) is 36.0 Å². The molecule has 2 aromatic heterocycles. The number of carbonyl (C=O) groups excluding carboxylic acids is 5. The first-order chi connectivity index (χ1) is 33.4. The van der Waals surface area contributed by atoms with Crippen LogP contribution in [-0.4, -0.2) is 117 Å². The lowest BCUT2D eigenvalue weighted by atomic mass is 9.52. The molecule has 8 bridgehead atoms. The molecular weight excluding hydrogens is 927 g/mol. The van der Waals surface area contributed by atoms with Gasteiger partial charge in [-0.15, -0.1) is 0 Å². The standard InChI is InChI=1S/C26H39N5O6.C25H38N4O5.CH4/c1-15(2)14-36-22-19(13-28-31(22)7-6-25(3,4)30-24(34)35-5)21(32)29-20-17-8-16-9-18(20)12-26(10-16,11-17)37-23(27)33;1-15(2)14-34-22-19(13-26-29(22)7-6-24(3,4)28-23(31)33-5)21(30)27-20-17-8-16-9-18(20)12-25(32,10-16)11-17;/h6-7,13,15-18,20H,8-12,14H2,1-5H3,(H2,27,33)(H,29,32)(H,30,34);6-7,13,15-18,20,32H,8-12,14H2,1-5H3,(H,27,30)(H,28,31);1H4/b2*7-6+;. The minimum absolute atomic E-state index is 0. The number of methoxy groups -OCH3 is 2. The maximum atomic E-state index is 13.5. The van der Waals surface area contributed by atoms with Gasteiger partial charge in [-0.05, 0) is 151 Å². The lowest BCUT2D eigenvalue weighted by Gasteiger charge is -2.58. The first kappa shape index (κ1) is 55.5. The average molecular weight is 1010 g/mol. The Morgan fingerprint density at radius 3 is 1.44 bits per heavy atom. The van der Waals surface area contributed by atoms with Crippen LogP contribution in [0.15, 0.2) is 24.5 Å². The van der Waals surface area contributed by atoms with Gasteiger partial charge in [0.05, 0.1) is 56.5 Å². The summed E-state index contributed by atoms with van der Waals surface area (Å²) in [4.78, 5) is 61.7. The molecule has 5 amide bonds. The molecule has 0 saturated heterocycles. The van der Waals surface area contributed by atoms with Crippen molar-refractivity contribution in [2.24, 2.45) is 53.1 Å². The van der Waals surface area contributed by atoms with E-state index in [1.54, 1.807) is 24.6 Å². The molecular formula is C52H81N9O11. The first-order valence-corrected chi connectivity index (χ1v) is 25.2. The summed E-state index contributed by atoms with van der Waals surface area (Å²) in [6.07, 6.45) is 17.0. The Morgan fingerprint density at radius 2 is 1.08 bits per heavy atom. The summed E-state index contributed by atoms with van der Waals surface area (Å²) in [5, 5.41) is 31.6. The Kier molecular flexibility index (Phi) is 17.1. The van der Waals surface area contributed by atoms with Crippen LogP contribution in [0.1, 0.15) is 148 Å². The van der Waals surface area contributed by atoms with Crippen LogP contribution in [0, 0.1) is 47.3 Å². The second kappa shape index (κ2) is 22.1. The second-order valence-electron chi connectivity index (χ2n) is 23.1. The van der Waals surface area contributed by atoms with E-state index in [9.17, 15) is 29.1 Å². The fourth-order valence-electron chi connectivity index (χ4n) is 12.4. The number of amides is 5. The maximum absolute atomic E-state index is 13.5. The number of nitrogens with two attached hydrogens (primary N) is 1. The van der Waals surface area contributed by atoms with Crippen molar-refractivity contribution in [3.63, 3.8) is 0 Å². The highest BCUT2D eigenvalue weighted by atomic mass is 16.6. The Hall–Kier alpha value is -5.79. The van der Waals surface area contributed by atoms with Crippen LogP contribution in [0.2, 0.25) is 0 Å². The van der Waals surface area contributed by atoms with E-state index >= 15 is 0 Å². The van der Waals surface area contributed by atoms with Crippen LogP contribution < -0.4 is 36.5 Å². The van der Waals surface area contributed by atoms with Crippen LogP contribution in [-0.2, 0) is 14.2 Å². The molecule has 400 valence electrons. The number of alkyl carbamates (subject to hydrolysis) is 2. The van der Waals surface area contributed by atoms with E-state index in [0.717, 1.165) is 64.2 Å². The van der Waals surface area contributed by atoms with Gasteiger partial charge in [-0.1, -0.05) is 35.1 Å². The Balaban J connectivity index is 0.000000233. The van der Waals surface area contributed by atoms with Crippen molar-refractivity contribution in [1.29, 1.82) is 0 Å². The van der Waals surface area contributed by atoms with Crippen molar-refractivity contribution >= 4 is 42.5 Å². The van der Waals surface area contributed by atoms with Crippen LogP contribution in [0.5, 0.6) is 11.8 Å². The zero-order valence-electron chi connectivity index (χ0n) is 43.1. The molecule has 0 radical (unpaired) electrons. The number of nitrogens with zero attached hydrogens (tertiary/aromatic N) is 4. The van der Waals surface area contributed by atoms with Gasteiger partial charge in [0.1, 0.15) is 16.7 Å². The fraction of sp³-hybridized carbons (Fsp3) is 0.712. The quantitative estimate of drug-likeness (QED) is 0.0864. The van der Waals surface area contributed by atoms with Gasteiger partial charge in [-0.3, -0.25) is 9.59 Å². The molecule has 20 heteroatoms. The number of hydrogen-bond acceptors (Lipinski definition) is 13. The zero-order valence-corrected chi connectivity index (χ0v) is 43.1. The minimum Gasteiger partial charge on any atom is -0.477 e. The molecule has 2 aromatic rings. The van der Waals surface area contributed by atoms with Gasteiger partial charge in [-0.2, -0.15) is 10.2 Å². The largest absolute Gasteiger partial charge is 0.477 e. The van der Waals surface area contributed by atoms with Crippen molar-refractivity contribution in [3.8, 4) is 11.8 Å². The molecule has 8 aliphatic carbocycles. The number of aliphatic hydroxyl groups is 1. The summed E-state index contributed by atoms with van der Waals surface area (Å²) in [5.41, 5.74) is 3.66. The summed E-state index contributed by atoms with van der Waals surface area (Å²) < 4.78 is 30.0. The molecule has 4 atom stereocenters. The Bertz CT molecular complexity index is 2300. The molecule has 8 aliphatic rings. The van der Waals surface area contributed by atoms with Gasteiger partial charge in [-0.25, -0.2) is 23.7 Å². The molecule has 0 aliphatic heterocycles. The molecule has 7 N–H and O–H groups in total. The second-order valence-corrected chi connectivity index (χ2v) is 23.1. The van der Waals surface area contributed by atoms with Gasteiger partial charge in [0.2, 0.25) is 11.8 Å². The predicted octanol–water partition coefficient (Wildman–Crippen LogP) is 7.12. The number of aromatic nitrogens is 4. The molecule has 4 unspecified atom stereocenters. The molecule has 2 heterocycles. The van der Waals surface area contributed by atoms with Crippen molar-refractivity contribution in [2.75, 3.05) is 27.4 Å². The third kappa shape index (κ3) is 13.2. The maximum Gasteiger partial charge on any atom is 0.407 e. The molecule has 72 heavy (non-hydrogen) atoms. The van der Waals surface area contributed by atoms with Crippen molar-refractivity contribution < 1.29 is 52.8 Å². The van der Waals surface area contributed by atoms with Crippen molar-refractivity contribution in [2.45, 2.75) is 161 Å². The molecule has 10 rings (SSSR count). The monoisotopic (exact) mass is 1010 g/mol. The van der Waals surface area contributed by atoms with Gasteiger partial charge >= 0.3 is 18.3 Å². The van der Waals surface area contributed by atoms with Gasteiger partial charge < -0.3 is 55.8 Å². The van der Waals surface area contributed by atoms with E-state index in [1.807, 2.05) is 55.4 Å². The van der Waals surface area contributed by atoms with Crippen LogP contribution in [0.25, 0.3) is 12.4 Å².